The number of aromatic nitrogens is 1. The molecule has 150 valence electrons. The van der Waals surface area contributed by atoms with Crippen LogP contribution in [-0.2, 0) is 17.5 Å². The number of benzene rings is 1. The highest BCUT2D eigenvalue weighted by Crippen LogP contribution is 2.36. The largest absolute Gasteiger partial charge is 0.417 e. The Morgan fingerprint density at radius 2 is 2.14 bits per heavy atom. The smallest absolute Gasteiger partial charge is 0.334 e. The zero-order chi connectivity index (χ0) is 20.3. The Morgan fingerprint density at radius 1 is 1.36 bits per heavy atom. The highest BCUT2D eigenvalue weighted by atomic mass is 35.5. The molecule has 1 aliphatic rings. The SMILES string of the molecule is O=C(Nc1nccs1)[C@H]1CCCN1C(=O)NCc1cccc(C(F)(F)F)c1Cl. The number of halogens is 4. The van der Waals surface area contributed by atoms with Gasteiger partial charge in [0, 0.05) is 24.7 Å². The second-order valence-corrected chi connectivity index (χ2v) is 7.39. The Morgan fingerprint density at radius 3 is 2.82 bits per heavy atom. The van der Waals surface area contributed by atoms with Crippen molar-refractivity contribution in [2.24, 2.45) is 0 Å². The van der Waals surface area contributed by atoms with Crippen LogP contribution in [0.1, 0.15) is 24.0 Å². The van der Waals surface area contributed by atoms with Crippen molar-refractivity contribution in [3.05, 3.63) is 45.9 Å². The summed E-state index contributed by atoms with van der Waals surface area (Å²) in [5.41, 5.74) is -0.810. The zero-order valence-corrected chi connectivity index (χ0v) is 16.0. The Balaban J connectivity index is 1.64. The molecule has 2 N–H and O–H groups in total. The van der Waals surface area contributed by atoms with Crippen molar-refractivity contribution < 1.29 is 22.8 Å². The molecule has 3 rings (SSSR count). The summed E-state index contributed by atoms with van der Waals surface area (Å²) in [5.74, 6) is -0.347. The van der Waals surface area contributed by atoms with Crippen LogP contribution < -0.4 is 10.6 Å². The third-order valence-corrected chi connectivity index (χ3v) is 5.43. The number of carbonyl (C=O) groups is 2. The van der Waals surface area contributed by atoms with Crippen LogP contribution in [0.25, 0.3) is 0 Å². The quantitative estimate of drug-likeness (QED) is 0.763. The van der Waals surface area contributed by atoms with E-state index in [0.29, 0.717) is 24.5 Å². The van der Waals surface area contributed by atoms with Crippen LogP contribution in [-0.4, -0.2) is 34.4 Å². The van der Waals surface area contributed by atoms with E-state index >= 15 is 0 Å². The molecule has 0 spiro atoms. The van der Waals surface area contributed by atoms with Gasteiger partial charge in [0.25, 0.3) is 0 Å². The van der Waals surface area contributed by atoms with Gasteiger partial charge in [0.05, 0.1) is 10.6 Å². The molecule has 1 aliphatic heterocycles. The molecule has 1 aromatic carbocycles. The number of amides is 3. The number of hydrogen-bond acceptors (Lipinski definition) is 4. The molecule has 1 saturated heterocycles. The van der Waals surface area contributed by atoms with E-state index in [1.54, 1.807) is 11.6 Å². The average Bonchev–Trinajstić information content (AvgIpc) is 3.31. The Kier molecular flexibility index (Phi) is 6.09. The molecule has 11 heteroatoms. The molecule has 3 amide bonds. The summed E-state index contributed by atoms with van der Waals surface area (Å²) in [6.45, 7) is 0.191. The number of anilines is 1. The normalized spacial score (nSPS) is 16.9. The summed E-state index contributed by atoms with van der Waals surface area (Å²) in [4.78, 5) is 30.2. The van der Waals surface area contributed by atoms with Gasteiger partial charge in [0.2, 0.25) is 5.91 Å². The molecule has 0 unspecified atom stereocenters. The number of rotatable bonds is 4. The number of alkyl halides is 3. The van der Waals surface area contributed by atoms with Crippen LogP contribution in [0.4, 0.5) is 23.1 Å². The lowest BCUT2D eigenvalue weighted by molar-refractivity contribution is -0.137. The predicted molar refractivity (Wildman–Crippen MR) is 99.2 cm³/mol. The first-order valence-corrected chi connectivity index (χ1v) is 9.62. The number of urea groups is 1. The van der Waals surface area contributed by atoms with Crippen molar-refractivity contribution in [1.29, 1.82) is 0 Å². The molecule has 0 bridgehead atoms. The minimum Gasteiger partial charge on any atom is -0.334 e. The lowest BCUT2D eigenvalue weighted by Gasteiger charge is -2.24. The van der Waals surface area contributed by atoms with Crippen molar-refractivity contribution in [3.63, 3.8) is 0 Å². The van der Waals surface area contributed by atoms with E-state index < -0.39 is 28.8 Å². The molecule has 2 heterocycles. The topological polar surface area (TPSA) is 74.3 Å². The summed E-state index contributed by atoms with van der Waals surface area (Å²) >= 11 is 7.10. The van der Waals surface area contributed by atoms with Crippen molar-refractivity contribution in [1.82, 2.24) is 15.2 Å². The Hall–Kier alpha value is -2.33. The van der Waals surface area contributed by atoms with Gasteiger partial charge < -0.3 is 15.5 Å². The van der Waals surface area contributed by atoms with Gasteiger partial charge in [-0.15, -0.1) is 11.3 Å². The monoisotopic (exact) mass is 432 g/mol. The van der Waals surface area contributed by atoms with Gasteiger partial charge in [-0.05, 0) is 24.5 Å². The number of carbonyl (C=O) groups excluding carboxylic acids is 2. The second-order valence-electron chi connectivity index (χ2n) is 6.11. The third-order valence-electron chi connectivity index (χ3n) is 4.29. The standard InChI is InChI=1S/C17H16ClF3N4O2S/c18-13-10(3-1-4-11(13)17(19,20)21)9-23-16(27)25-7-2-5-12(25)14(26)24-15-22-6-8-28-15/h1,3-4,6,8,12H,2,5,7,9H2,(H,23,27)(H,22,24,26)/t12-/m1/s1. The molecule has 0 saturated carbocycles. The number of hydrogen-bond donors (Lipinski definition) is 2. The number of nitrogens with zero attached hydrogens (tertiary/aromatic N) is 2. The van der Waals surface area contributed by atoms with Gasteiger partial charge in [-0.25, -0.2) is 9.78 Å². The van der Waals surface area contributed by atoms with Crippen LogP contribution in [0.2, 0.25) is 5.02 Å². The summed E-state index contributed by atoms with van der Waals surface area (Å²) < 4.78 is 38.8. The molecule has 1 fully saturated rings. The van der Waals surface area contributed by atoms with E-state index in [1.807, 2.05) is 0 Å². The third kappa shape index (κ3) is 4.56. The number of thiazole rings is 1. The summed E-state index contributed by atoms with van der Waals surface area (Å²) in [6, 6.07) is 2.32. The Bertz CT molecular complexity index is 861. The van der Waals surface area contributed by atoms with Crippen LogP contribution in [0.3, 0.4) is 0 Å². The fourth-order valence-corrected chi connectivity index (χ4v) is 3.80. The lowest BCUT2D eigenvalue weighted by atomic mass is 10.1. The van der Waals surface area contributed by atoms with Gasteiger partial charge in [-0.2, -0.15) is 13.2 Å². The maximum Gasteiger partial charge on any atom is 0.417 e. The maximum absolute atomic E-state index is 12.9. The maximum atomic E-state index is 12.9. The lowest BCUT2D eigenvalue weighted by Crippen LogP contribution is -2.47. The Labute approximate surface area is 167 Å². The van der Waals surface area contributed by atoms with Crippen LogP contribution in [0.15, 0.2) is 29.8 Å². The number of nitrogens with one attached hydrogen (secondary N) is 2. The van der Waals surface area contributed by atoms with Gasteiger partial charge in [0.1, 0.15) is 6.04 Å². The molecule has 2 aromatic rings. The molecular weight excluding hydrogens is 417 g/mol. The number of likely N-dealkylation sites (tertiary alicyclic amines) is 1. The minimum atomic E-state index is -4.58. The predicted octanol–water partition coefficient (Wildman–Crippen LogP) is 4.13. The molecule has 1 aromatic heterocycles. The first kappa shape index (κ1) is 20.4. The highest BCUT2D eigenvalue weighted by molar-refractivity contribution is 7.13. The van der Waals surface area contributed by atoms with Gasteiger partial charge >= 0.3 is 12.2 Å². The van der Waals surface area contributed by atoms with E-state index in [-0.39, 0.29) is 18.0 Å². The molecule has 1 atom stereocenters. The first-order chi connectivity index (χ1) is 13.3. The molecule has 0 aliphatic carbocycles. The minimum absolute atomic E-state index is 0.146. The average molecular weight is 433 g/mol. The summed E-state index contributed by atoms with van der Waals surface area (Å²) in [6.07, 6.45) is -1.88. The van der Waals surface area contributed by atoms with E-state index in [4.69, 9.17) is 11.6 Å². The van der Waals surface area contributed by atoms with E-state index in [0.717, 1.165) is 6.07 Å². The van der Waals surface area contributed by atoms with E-state index in [1.165, 1.54) is 28.4 Å². The van der Waals surface area contributed by atoms with Crippen LogP contribution >= 0.6 is 22.9 Å². The fourth-order valence-electron chi connectivity index (χ4n) is 2.96. The van der Waals surface area contributed by atoms with Crippen LogP contribution in [0, 0.1) is 0 Å². The molecular formula is C17H16ClF3N4O2S. The van der Waals surface area contributed by atoms with Crippen LogP contribution in [0.5, 0.6) is 0 Å². The van der Waals surface area contributed by atoms with E-state index in [9.17, 15) is 22.8 Å². The van der Waals surface area contributed by atoms with Crippen molar-refractivity contribution in [2.75, 3.05) is 11.9 Å². The van der Waals surface area contributed by atoms with Gasteiger partial charge in [-0.3, -0.25) is 4.79 Å². The van der Waals surface area contributed by atoms with Crippen molar-refractivity contribution >= 4 is 40.0 Å². The van der Waals surface area contributed by atoms with Gasteiger partial charge in [0.15, 0.2) is 5.13 Å². The highest BCUT2D eigenvalue weighted by Gasteiger charge is 2.35. The first-order valence-electron chi connectivity index (χ1n) is 8.37. The summed E-state index contributed by atoms with van der Waals surface area (Å²) in [7, 11) is 0. The molecule has 6 nitrogen and oxygen atoms in total. The second kappa shape index (κ2) is 8.36. The fraction of sp³-hybridized carbons (Fsp3) is 0.353. The van der Waals surface area contributed by atoms with Crippen molar-refractivity contribution in [2.45, 2.75) is 31.6 Å². The zero-order valence-electron chi connectivity index (χ0n) is 14.4. The van der Waals surface area contributed by atoms with Crippen molar-refractivity contribution in [3.8, 4) is 0 Å². The molecule has 0 radical (unpaired) electrons. The molecule has 28 heavy (non-hydrogen) atoms. The van der Waals surface area contributed by atoms with E-state index in [2.05, 4.69) is 15.6 Å². The van der Waals surface area contributed by atoms with Gasteiger partial charge in [-0.1, -0.05) is 23.7 Å². The summed E-state index contributed by atoms with van der Waals surface area (Å²) in [5, 5.41) is 6.91.